The molecule has 12 heavy (non-hydrogen) atoms. The fraction of sp³-hybridized carbons (Fsp3) is 0.300. The van der Waals surface area contributed by atoms with Crippen molar-refractivity contribution in [1.82, 2.24) is 0 Å². The van der Waals surface area contributed by atoms with Crippen LogP contribution in [0.3, 0.4) is 0 Å². The molecule has 0 spiro atoms. The summed E-state index contributed by atoms with van der Waals surface area (Å²) in [5, 5.41) is 8.66. The number of rotatable bonds is 3. The van der Waals surface area contributed by atoms with Gasteiger partial charge in [0, 0.05) is 6.54 Å². The van der Waals surface area contributed by atoms with Gasteiger partial charge in [0.25, 0.3) is 0 Å². The lowest BCUT2D eigenvalue weighted by Gasteiger charge is -2.04. The molecule has 62 valence electrons. The summed E-state index contributed by atoms with van der Waals surface area (Å²) in [5.74, 6) is -0.0487. The highest BCUT2D eigenvalue weighted by molar-refractivity contribution is 5.16. The van der Waals surface area contributed by atoms with Gasteiger partial charge >= 0.3 is 0 Å². The van der Waals surface area contributed by atoms with Gasteiger partial charge in [-0.05, 0) is 12.0 Å². The number of nitriles is 1. The van der Waals surface area contributed by atoms with Crippen molar-refractivity contribution in [3.05, 3.63) is 35.9 Å². The van der Waals surface area contributed by atoms with E-state index < -0.39 is 0 Å². The largest absolute Gasteiger partial charge is 0.329 e. The summed E-state index contributed by atoms with van der Waals surface area (Å²) in [7, 11) is 0. The topological polar surface area (TPSA) is 49.8 Å². The molecule has 2 N–H and O–H groups in total. The third-order valence-electron chi connectivity index (χ3n) is 1.79. The Morgan fingerprint density at radius 2 is 2.00 bits per heavy atom. The molecule has 0 radical (unpaired) electrons. The van der Waals surface area contributed by atoms with Crippen LogP contribution >= 0.6 is 0 Å². The van der Waals surface area contributed by atoms with Gasteiger partial charge in [-0.15, -0.1) is 0 Å². The maximum Gasteiger partial charge on any atom is 0.0672 e. The van der Waals surface area contributed by atoms with Crippen LogP contribution < -0.4 is 5.73 Å². The molecule has 0 saturated heterocycles. The molecule has 1 aromatic carbocycles. The van der Waals surface area contributed by atoms with Gasteiger partial charge in [0.05, 0.1) is 12.0 Å². The second-order valence-corrected chi connectivity index (χ2v) is 2.75. The first-order valence-corrected chi connectivity index (χ1v) is 4.00. The molecule has 2 nitrogen and oxygen atoms in total. The summed E-state index contributed by atoms with van der Waals surface area (Å²) < 4.78 is 0. The maximum atomic E-state index is 8.66. The van der Waals surface area contributed by atoms with Crippen molar-refractivity contribution >= 4 is 0 Å². The minimum atomic E-state index is -0.0487. The molecule has 0 aromatic heterocycles. The lowest BCUT2D eigenvalue weighted by atomic mass is 10.0. The zero-order valence-electron chi connectivity index (χ0n) is 6.90. The minimum Gasteiger partial charge on any atom is -0.329 e. The summed E-state index contributed by atoms with van der Waals surface area (Å²) in [6.45, 7) is 0.436. The molecule has 0 saturated carbocycles. The predicted molar refractivity (Wildman–Crippen MR) is 48.3 cm³/mol. The van der Waals surface area contributed by atoms with Crippen molar-refractivity contribution < 1.29 is 0 Å². The molecule has 1 rings (SSSR count). The Hall–Kier alpha value is -1.33. The van der Waals surface area contributed by atoms with E-state index in [9.17, 15) is 0 Å². The summed E-state index contributed by atoms with van der Waals surface area (Å²) in [5.41, 5.74) is 6.58. The smallest absolute Gasteiger partial charge is 0.0672 e. The minimum absolute atomic E-state index is 0.0487. The molecule has 0 aliphatic heterocycles. The Labute approximate surface area is 72.6 Å². The Kier molecular flexibility index (Phi) is 3.31. The lowest BCUT2D eigenvalue weighted by Crippen LogP contribution is -2.14. The Morgan fingerprint density at radius 1 is 1.33 bits per heavy atom. The van der Waals surface area contributed by atoms with Crippen LogP contribution in [0, 0.1) is 17.2 Å². The zero-order valence-corrected chi connectivity index (χ0v) is 6.90. The zero-order chi connectivity index (χ0) is 8.81. The third-order valence-corrected chi connectivity index (χ3v) is 1.79. The lowest BCUT2D eigenvalue weighted by molar-refractivity contribution is 0.673. The Morgan fingerprint density at radius 3 is 2.50 bits per heavy atom. The highest BCUT2D eigenvalue weighted by Gasteiger charge is 2.04. The average Bonchev–Trinajstić information content (AvgIpc) is 2.16. The van der Waals surface area contributed by atoms with Crippen molar-refractivity contribution in [3.8, 4) is 6.07 Å². The SMILES string of the molecule is N#CC(CN)Cc1ccccc1. The summed E-state index contributed by atoms with van der Waals surface area (Å²) in [6, 6.07) is 12.1. The molecular formula is C10H12N2. The second-order valence-electron chi connectivity index (χ2n) is 2.75. The molecule has 1 atom stereocenters. The standard InChI is InChI=1S/C10H12N2/c11-7-10(8-12)6-9-4-2-1-3-5-9/h1-5,10H,6-7,11H2. The van der Waals surface area contributed by atoms with Crippen LogP contribution in [0.4, 0.5) is 0 Å². The highest BCUT2D eigenvalue weighted by atomic mass is 14.5. The van der Waals surface area contributed by atoms with Crippen LogP contribution in [-0.2, 0) is 6.42 Å². The van der Waals surface area contributed by atoms with E-state index >= 15 is 0 Å². The van der Waals surface area contributed by atoms with Crippen molar-refractivity contribution in [2.45, 2.75) is 6.42 Å². The first-order chi connectivity index (χ1) is 5.86. The summed E-state index contributed by atoms with van der Waals surface area (Å²) in [6.07, 6.45) is 0.758. The van der Waals surface area contributed by atoms with E-state index in [1.165, 1.54) is 5.56 Å². The molecule has 0 heterocycles. The van der Waals surface area contributed by atoms with Crippen LogP contribution in [0.25, 0.3) is 0 Å². The summed E-state index contributed by atoms with van der Waals surface area (Å²) >= 11 is 0. The monoisotopic (exact) mass is 160 g/mol. The van der Waals surface area contributed by atoms with Crippen LogP contribution in [-0.4, -0.2) is 6.54 Å². The quantitative estimate of drug-likeness (QED) is 0.725. The van der Waals surface area contributed by atoms with Gasteiger partial charge < -0.3 is 5.73 Å². The molecule has 0 bridgehead atoms. The molecule has 1 unspecified atom stereocenters. The van der Waals surface area contributed by atoms with Crippen molar-refractivity contribution in [1.29, 1.82) is 5.26 Å². The average molecular weight is 160 g/mol. The van der Waals surface area contributed by atoms with Gasteiger partial charge in [-0.2, -0.15) is 5.26 Å². The van der Waals surface area contributed by atoms with Crippen molar-refractivity contribution in [2.24, 2.45) is 11.7 Å². The second kappa shape index (κ2) is 4.53. The number of benzene rings is 1. The number of nitrogens with zero attached hydrogens (tertiary/aromatic N) is 1. The van der Waals surface area contributed by atoms with Crippen molar-refractivity contribution in [3.63, 3.8) is 0 Å². The number of hydrogen-bond donors (Lipinski definition) is 1. The Balaban J connectivity index is 2.58. The van der Waals surface area contributed by atoms with Crippen LogP contribution in [0.5, 0.6) is 0 Å². The molecular weight excluding hydrogens is 148 g/mol. The van der Waals surface area contributed by atoms with E-state index in [-0.39, 0.29) is 5.92 Å². The maximum absolute atomic E-state index is 8.66. The van der Waals surface area contributed by atoms with Crippen molar-refractivity contribution in [2.75, 3.05) is 6.54 Å². The van der Waals surface area contributed by atoms with Crippen LogP contribution in [0.1, 0.15) is 5.56 Å². The normalized spacial score (nSPS) is 12.0. The van der Waals surface area contributed by atoms with Crippen LogP contribution in [0.15, 0.2) is 30.3 Å². The number of hydrogen-bond acceptors (Lipinski definition) is 2. The first-order valence-electron chi connectivity index (χ1n) is 4.00. The third kappa shape index (κ3) is 2.37. The molecule has 1 aromatic rings. The van der Waals surface area contributed by atoms with Crippen LogP contribution in [0.2, 0.25) is 0 Å². The molecule has 0 aliphatic rings. The fourth-order valence-electron chi connectivity index (χ4n) is 1.08. The van der Waals surface area contributed by atoms with E-state index in [4.69, 9.17) is 11.0 Å². The van der Waals surface area contributed by atoms with Gasteiger partial charge in [-0.3, -0.25) is 0 Å². The van der Waals surface area contributed by atoms with Gasteiger partial charge in [0.15, 0.2) is 0 Å². The van der Waals surface area contributed by atoms with E-state index in [0.717, 1.165) is 6.42 Å². The Bertz CT molecular complexity index is 261. The van der Waals surface area contributed by atoms with E-state index in [1.807, 2.05) is 30.3 Å². The molecule has 0 amide bonds. The predicted octanol–water partition coefficient (Wildman–Crippen LogP) is 1.33. The van der Waals surface area contributed by atoms with E-state index in [1.54, 1.807) is 0 Å². The van der Waals surface area contributed by atoms with Gasteiger partial charge in [0.2, 0.25) is 0 Å². The van der Waals surface area contributed by atoms with E-state index in [0.29, 0.717) is 6.54 Å². The molecule has 2 heteroatoms. The van der Waals surface area contributed by atoms with Gasteiger partial charge in [-0.1, -0.05) is 30.3 Å². The summed E-state index contributed by atoms with van der Waals surface area (Å²) in [4.78, 5) is 0. The van der Waals surface area contributed by atoms with E-state index in [2.05, 4.69) is 6.07 Å². The molecule has 0 aliphatic carbocycles. The number of nitrogens with two attached hydrogens (primary N) is 1. The molecule has 0 fully saturated rings. The first kappa shape index (κ1) is 8.76. The van der Waals surface area contributed by atoms with Gasteiger partial charge in [-0.25, -0.2) is 0 Å². The van der Waals surface area contributed by atoms with Gasteiger partial charge in [0.1, 0.15) is 0 Å². The fourth-order valence-corrected chi connectivity index (χ4v) is 1.08. The highest BCUT2D eigenvalue weighted by Crippen LogP contribution is 2.06.